The van der Waals surface area contributed by atoms with E-state index in [0.29, 0.717) is 27.0 Å². The van der Waals surface area contributed by atoms with Gasteiger partial charge in [0.2, 0.25) is 5.88 Å². The lowest BCUT2D eigenvalue weighted by molar-refractivity contribution is 0.459. The van der Waals surface area contributed by atoms with Crippen molar-refractivity contribution in [1.82, 2.24) is 4.98 Å². The number of hydrogen-bond donors (Lipinski definition) is 0. The molecule has 0 fully saturated rings. The van der Waals surface area contributed by atoms with Crippen LogP contribution in [0.25, 0.3) is 0 Å². The van der Waals surface area contributed by atoms with Gasteiger partial charge < -0.3 is 4.74 Å². The minimum atomic E-state index is 0.462. The third kappa shape index (κ3) is 3.12. The second-order valence-electron chi connectivity index (χ2n) is 3.28. The van der Waals surface area contributed by atoms with Crippen LogP contribution in [0, 0.1) is 0 Å². The van der Waals surface area contributed by atoms with Crippen LogP contribution in [0.3, 0.4) is 0 Å². The zero-order valence-corrected chi connectivity index (χ0v) is 11.8. The number of ether oxygens (including phenoxy) is 1. The van der Waals surface area contributed by atoms with E-state index in [-0.39, 0.29) is 0 Å². The number of halogens is 3. The summed E-state index contributed by atoms with van der Waals surface area (Å²) in [7, 11) is 0. The lowest BCUT2D eigenvalue weighted by atomic mass is 10.3. The summed E-state index contributed by atoms with van der Waals surface area (Å²) in [6, 6.07) is 8.86. The minimum Gasteiger partial charge on any atom is -0.437 e. The molecule has 0 N–H and O–H groups in total. The molecule has 5 heteroatoms. The fourth-order valence-corrected chi connectivity index (χ4v) is 2.15. The predicted octanol–water partition coefficient (Wildman–Crippen LogP) is 5.08. The van der Waals surface area contributed by atoms with E-state index in [1.54, 1.807) is 24.4 Å². The number of aromatic nitrogens is 1. The summed E-state index contributed by atoms with van der Waals surface area (Å²) >= 11 is 15.2. The monoisotopic (exact) mass is 331 g/mol. The van der Waals surface area contributed by atoms with Crippen molar-refractivity contribution in [1.29, 1.82) is 0 Å². The maximum absolute atomic E-state index is 6.03. The van der Waals surface area contributed by atoms with Crippen molar-refractivity contribution in [3.63, 3.8) is 0 Å². The number of pyridine rings is 1. The van der Waals surface area contributed by atoms with Gasteiger partial charge in [0, 0.05) is 22.1 Å². The first-order valence-electron chi connectivity index (χ1n) is 4.83. The van der Waals surface area contributed by atoms with Gasteiger partial charge in [0.1, 0.15) is 5.75 Å². The van der Waals surface area contributed by atoms with Gasteiger partial charge in [-0.05, 0) is 24.3 Å². The normalized spacial score (nSPS) is 10.3. The number of nitrogens with zero attached hydrogens (tertiary/aromatic N) is 1. The molecule has 0 amide bonds. The van der Waals surface area contributed by atoms with Crippen molar-refractivity contribution >= 4 is 39.1 Å². The van der Waals surface area contributed by atoms with Crippen molar-refractivity contribution in [2.75, 3.05) is 0 Å². The first-order chi connectivity index (χ1) is 8.20. The molecule has 1 aromatic carbocycles. The summed E-state index contributed by atoms with van der Waals surface area (Å²) in [6.07, 6.45) is 1.67. The zero-order valence-electron chi connectivity index (χ0n) is 8.66. The molecule has 2 nitrogen and oxygen atoms in total. The highest BCUT2D eigenvalue weighted by Crippen LogP contribution is 2.32. The van der Waals surface area contributed by atoms with E-state index >= 15 is 0 Å². The van der Waals surface area contributed by atoms with Crippen LogP contribution in [0.4, 0.5) is 0 Å². The van der Waals surface area contributed by atoms with E-state index in [0.717, 1.165) is 5.56 Å². The molecule has 0 aliphatic rings. The van der Waals surface area contributed by atoms with Gasteiger partial charge in [-0.2, -0.15) is 0 Å². The third-order valence-electron chi connectivity index (χ3n) is 2.09. The number of benzene rings is 1. The number of hydrogen-bond acceptors (Lipinski definition) is 2. The molecule has 88 valence electrons. The molecule has 17 heavy (non-hydrogen) atoms. The molecule has 2 aromatic rings. The number of alkyl halides is 1. The molecule has 0 aliphatic heterocycles. The van der Waals surface area contributed by atoms with Gasteiger partial charge in [-0.25, -0.2) is 4.98 Å². The Hall–Kier alpha value is -0.770. The lowest BCUT2D eigenvalue weighted by Crippen LogP contribution is -1.92. The predicted molar refractivity (Wildman–Crippen MR) is 73.4 cm³/mol. The second kappa shape index (κ2) is 5.71. The van der Waals surface area contributed by atoms with Crippen LogP contribution in [0.2, 0.25) is 10.0 Å². The van der Waals surface area contributed by atoms with Crippen LogP contribution in [-0.2, 0) is 5.33 Å². The van der Waals surface area contributed by atoms with Gasteiger partial charge in [-0.3, -0.25) is 0 Å². The van der Waals surface area contributed by atoms with Crippen molar-refractivity contribution in [3.05, 3.63) is 52.1 Å². The Kier molecular flexibility index (Phi) is 4.26. The Labute approximate surface area is 118 Å². The fraction of sp³-hybridized carbons (Fsp3) is 0.0833. The third-order valence-corrected chi connectivity index (χ3v) is 3.23. The van der Waals surface area contributed by atoms with Crippen LogP contribution < -0.4 is 4.74 Å². The molecular weight excluding hydrogens is 325 g/mol. The van der Waals surface area contributed by atoms with Crippen LogP contribution >= 0.6 is 39.1 Å². The van der Waals surface area contributed by atoms with E-state index in [1.807, 2.05) is 12.1 Å². The van der Waals surface area contributed by atoms with Crippen molar-refractivity contribution in [2.45, 2.75) is 5.33 Å². The van der Waals surface area contributed by atoms with Crippen molar-refractivity contribution in [2.24, 2.45) is 0 Å². The van der Waals surface area contributed by atoms with E-state index < -0.39 is 0 Å². The first kappa shape index (κ1) is 12.7. The molecule has 1 heterocycles. The van der Waals surface area contributed by atoms with E-state index in [9.17, 15) is 0 Å². The quantitative estimate of drug-likeness (QED) is 0.731. The van der Waals surface area contributed by atoms with Crippen molar-refractivity contribution < 1.29 is 4.74 Å². The smallest absolute Gasteiger partial charge is 0.223 e. The average Bonchev–Trinajstić information content (AvgIpc) is 2.33. The Bertz CT molecular complexity index is 534. The molecule has 0 unspecified atom stereocenters. The van der Waals surface area contributed by atoms with Crippen LogP contribution in [0.15, 0.2) is 36.5 Å². The molecule has 0 bridgehead atoms. The maximum Gasteiger partial charge on any atom is 0.223 e. The van der Waals surface area contributed by atoms with Gasteiger partial charge in [0.15, 0.2) is 0 Å². The van der Waals surface area contributed by atoms with Crippen LogP contribution in [0.1, 0.15) is 5.56 Å². The molecular formula is C12H8BrCl2NO. The van der Waals surface area contributed by atoms with Crippen molar-refractivity contribution in [3.8, 4) is 11.6 Å². The average molecular weight is 333 g/mol. The van der Waals surface area contributed by atoms with E-state index in [1.165, 1.54) is 0 Å². The summed E-state index contributed by atoms with van der Waals surface area (Å²) in [4.78, 5) is 4.16. The molecule has 0 radical (unpaired) electrons. The summed E-state index contributed by atoms with van der Waals surface area (Å²) in [6.45, 7) is 0. The highest BCUT2D eigenvalue weighted by Gasteiger charge is 2.08. The summed E-state index contributed by atoms with van der Waals surface area (Å²) in [5, 5.41) is 1.70. The topological polar surface area (TPSA) is 22.1 Å². The van der Waals surface area contributed by atoms with E-state index in [4.69, 9.17) is 27.9 Å². The molecule has 0 saturated carbocycles. The van der Waals surface area contributed by atoms with Gasteiger partial charge >= 0.3 is 0 Å². The van der Waals surface area contributed by atoms with Crippen LogP contribution in [0.5, 0.6) is 11.6 Å². The van der Waals surface area contributed by atoms with Gasteiger partial charge in [-0.15, -0.1) is 0 Å². The first-order valence-corrected chi connectivity index (χ1v) is 6.71. The standard InChI is InChI=1S/C12H8BrCl2NO/c13-7-8-2-1-5-16-12(8)17-11-4-3-9(14)6-10(11)15/h1-6H,7H2. The highest BCUT2D eigenvalue weighted by molar-refractivity contribution is 9.08. The van der Waals surface area contributed by atoms with E-state index in [2.05, 4.69) is 20.9 Å². The number of rotatable bonds is 3. The Balaban J connectivity index is 2.31. The summed E-state index contributed by atoms with van der Waals surface area (Å²) < 4.78 is 5.65. The molecule has 0 atom stereocenters. The SMILES string of the molecule is Clc1ccc(Oc2ncccc2CBr)c(Cl)c1. The largest absolute Gasteiger partial charge is 0.437 e. The molecule has 0 aliphatic carbocycles. The van der Waals surface area contributed by atoms with Crippen LogP contribution in [-0.4, -0.2) is 4.98 Å². The fourth-order valence-electron chi connectivity index (χ4n) is 1.28. The molecule has 0 saturated heterocycles. The summed E-state index contributed by atoms with van der Waals surface area (Å²) in [5.74, 6) is 1.07. The highest BCUT2D eigenvalue weighted by atomic mass is 79.9. The Morgan fingerprint density at radius 3 is 2.76 bits per heavy atom. The molecule has 0 spiro atoms. The van der Waals surface area contributed by atoms with Gasteiger partial charge in [0.05, 0.1) is 5.02 Å². The summed E-state index contributed by atoms with van der Waals surface area (Å²) in [5.41, 5.74) is 0.957. The molecule has 1 aromatic heterocycles. The molecule has 2 rings (SSSR count). The Morgan fingerprint density at radius 2 is 2.06 bits per heavy atom. The van der Waals surface area contributed by atoms with Gasteiger partial charge in [0.25, 0.3) is 0 Å². The zero-order chi connectivity index (χ0) is 12.3. The minimum absolute atomic E-state index is 0.462. The Morgan fingerprint density at radius 1 is 1.24 bits per heavy atom. The maximum atomic E-state index is 6.03. The van der Waals surface area contributed by atoms with Gasteiger partial charge in [-0.1, -0.05) is 45.2 Å². The second-order valence-corrected chi connectivity index (χ2v) is 4.68. The lowest BCUT2D eigenvalue weighted by Gasteiger charge is -2.09.